The van der Waals surface area contributed by atoms with E-state index in [2.05, 4.69) is 38.2 Å². The summed E-state index contributed by atoms with van der Waals surface area (Å²) in [6.45, 7) is 3.83. The zero-order chi connectivity index (χ0) is 23.8. The van der Waals surface area contributed by atoms with E-state index in [1.54, 1.807) is 13.0 Å². The molecule has 1 aromatic carbocycles. The van der Waals surface area contributed by atoms with Crippen molar-refractivity contribution < 1.29 is 13.2 Å². The Hall–Kier alpha value is -3.01. The third-order valence-electron chi connectivity index (χ3n) is 4.36. The standard InChI is InChI=1S/C21H22N6O3S3/c1-3-4-5-16-7-6-15(12-22)20(24-16)31-13-19(28)23-17-8-10-18(11-9-17)33(29,30)27-21-26-25-14(2)32-21/h6-11H,3-5,13H2,1-2H3,(H,23,28)(H,26,27). The molecule has 0 aliphatic rings. The molecule has 0 atom stereocenters. The second-order valence-electron chi connectivity index (χ2n) is 6.96. The van der Waals surface area contributed by atoms with Crippen LogP contribution in [0.4, 0.5) is 10.8 Å². The van der Waals surface area contributed by atoms with Crippen molar-refractivity contribution in [3.8, 4) is 6.07 Å². The SMILES string of the molecule is CCCCc1ccc(C#N)c(SCC(=O)Nc2ccc(S(=O)(=O)Nc3nnc(C)s3)cc2)n1. The highest BCUT2D eigenvalue weighted by molar-refractivity contribution is 8.00. The number of sulfonamides is 1. The average Bonchev–Trinajstić information content (AvgIpc) is 3.20. The van der Waals surface area contributed by atoms with E-state index >= 15 is 0 Å². The number of carbonyl (C=O) groups excluding carboxylic acids is 1. The van der Waals surface area contributed by atoms with Gasteiger partial charge >= 0.3 is 0 Å². The van der Waals surface area contributed by atoms with Crippen molar-refractivity contribution in [1.82, 2.24) is 15.2 Å². The zero-order valence-electron chi connectivity index (χ0n) is 18.0. The van der Waals surface area contributed by atoms with Crippen LogP contribution >= 0.6 is 23.1 Å². The summed E-state index contributed by atoms with van der Waals surface area (Å²) in [4.78, 5) is 16.9. The smallest absolute Gasteiger partial charge is 0.263 e. The molecule has 9 nitrogen and oxygen atoms in total. The van der Waals surface area contributed by atoms with Gasteiger partial charge in [0.15, 0.2) is 0 Å². The molecule has 0 unspecified atom stereocenters. The van der Waals surface area contributed by atoms with Gasteiger partial charge in [0, 0.05) is 11.4 Å². The Bertz CT molecular complexity index is 1270. The number of aryl methyl sites for hydroxylation is 2. The van der Waals surface area contributed by atoms with Crippen LogP contribution in [-0.4, -0.2) is 35.3 Å². The van der Waals surface area contributed by atoms with Crippen molar-refractivity contribution in [3.05, 3.63) is 52.7 Å². The summed E-state index contributed by atoms with van der Waals surface area (Å²) in [5.41, 5.74) is 1.78. The van der Waals surface area contributed by atoms with Crippen LogP contribution in [0.25, 0.3) is 0 Å². The molecule has 33 heavy (non-hydrogen) atoms. The summed E-state index contributed by atoms with van der Waals surface area (Å²) in [5, 5.41) is 20.9. The number of amides is 1. The second kappa shape index (κ2) is 11.2. The Morgan fingerprint density at radius 1 is 1.18 bits per heavy atom. The van der Waals surface area contributed by atoms with Gasteiger partial charge in [-0.2, -0.15) is 5.26 Å². The topological polar surface area (TPSA) is 138 Å². The van der Waals surface area contributed by atoms with Gasteiger partial charge in [-0.1, -0.05) is 36.4 Å². The summed E-state index contributed by atoms with van der Waals surface area (Å²) < 4.78 is 27.3. The maximum Gasteiger partial charge on any atom is 0.263 e. The van der Waals surface area contributed by atoms with Gasteiger partial charge in [0.1, 0.15) is 16.1 Å². The van der Waals surface area contributed by atoms with Crippen molar-refractivity contribution >= 4 is 49.8 Å². The summed E-state index contributed by atoms with van der Waals surface area (Å²) in [6.07, 6.45) is 2.88. The highest BCUT2D eigenvalue weighted by Gasteiger charge is 2.17. The van der Waals surface area contributed by atoms with Crippen LogP contribution < -0.4 is 10.0 Å². The van der Waals surface area contributed by atoms with E-state index in [1.165, 1.54) is 36.0 Å². The number of pyridine rings is 1. The predicted molar refractivity (Wildman–Crippen MR) is 129 cm³/mol. The van der Waals surface area contributed by atoms with Gasteiger partial charge in [0.05, 0.1) is 16.2 Å². The Balaban J connectivity index is 1.59. The fraction of sp³-hybridized carbons (Fsp3) is 0.286. The summed E-state index contributed by atoms with van der Waals surface area (Å²) in [5.74, 6) is -0.223. The van der Waals surface area contributed by atoms with Crippen LogP contribution in [-0.2, 0) is 21.2 Å². The Labute approximate surface area is 200 Å². The lowest BCUT2D eigenvalue weighted by Gasteiger charge is -2.09. The van der Waals surface area contributed by atoms with Gasteiger partial charge in [-0.25, -0.2) is 13.4 Å². The number of rotatable bonds is 10. The van der Waals surface area contributed by atoms with Gasteiger partial charge in [0.25, 0.3) is 10.0 Å². The molecule has 2 aromatic heterocycles. The van der Waals surface area contributed by atoms with Crippen LogP contribution in [0.2, 0.25) is 0 Å². The lowest BCUT2D eigenvalue weighted by atomic mass is 10.2. The van der Waals surface area contributed by atoms with E-state index in [-0.39, 0.29) is 21.7 Å². The highest BCUT2D eigenvalue weighted by atomic mass is 32.2. The minimum Gasteiger partial charge on any atom is -0.325 e. The van der Waals surface area contributed by atoms with Crippen molar-refractivity contribution in [2.24, 2.45) is 0 Å². The molecule has 1 amide bonds. The van der Waals surface area contributed by atoms with Crippen LogP contribution in [0.15, 0.2) is 46.3 Å². The van der Waals surface area contributed by atoms with E-state index in [0.717, 1.165) is 36.3 Å². The van der Waals surface area contributed by atoms with Crippen molar-refractivity contribution in [2.45, 2.75) is 43.0 Å². The quantitative estimate of drug-likeness (QED) is 0.397. The Morgan fingerprint density at radius 2 is 1.94 bits per heavy atom. The predicted octanol–water partition coefficient (Wildman–Crippen LogP) is 3.99. The third kappa shape index (κ3) is 6.98. The van der Waals surface area contributed by atoms with Gasteiger partial charge in [-0.3, -0.25) is 9.52 Å². The molecule has 0 fully saturated rings. The molecular weight excluding hydrogens is 480 g/mol. The monoisotopic (exact) mass is 502 g/mol. The first-order valence-electron chi connectivity index (χ1n) is 10.1. The molecule has 2 heterocycles. The molecule has 0 aliphatic carbocycles. The molecule has 2 N–H and O–H groups in total. The molecule has 0 radical (unpaired) electrons. The molecule has 12 heteroatoms. The number of hydrogen-bond acceptors (Lipinski definition) is 9. The van der Waals surface area contributed by atoms with Crippen LogP contribution in [0, 0.1) is 18.3 Å². The van der Waals surface area contributed by atoms with Gasteiger partial charge in [-0.05, 0) is 56.2 Å². The first-order chi connectivity index (χ1) is 15.8. The minimum absolute atomic E-state index is 0.0366. The molecule has 0 saturated heterocycles. The molecule has 0 spiro atoms. The number of unbranched alkanes of at least 4 members (excludes halogenated alkanes) is 1. The Kier molecular flexibility index (Phi) is 8.37. The number of thioether (sulfide) groups is 1. The van der Waals surface area contributed by atoms with Crippen LogP contribution in [0.1, 0.15) is 36.0 Å². The molecule has 0 bridgehead atoms. The van der Waals surface area contributed by atoms with Crippen molar-refractivity contribution in [2.75, 3.05) is 15.8 Å². The van der Waals surface area contributed by atoms with E-state index in [4.69, 9.17) is 0 Å². The zero-order valence-corrected chi connectivity index (χ0v) is 20.5. The fourth-order valence-electron chi connectivity index (χ4n) is 2.73. The molecule has 0 aliphatic heterocycles. The number of carbonyl (C=O) groups is 1. The van der Waals surface area contributed by atoms with E-state index < -0.39 is 10.0 Å². The van der Waals surface area contributed by atoms with Crippen LogP contribution in [0.5, 0.6) is 0 Å². The fourth-order valence-corrected chi connectivity index (χ4v) is 5.34. The lowest BCUT2D eigenvalue weighted by molar-refractivity contribution is -0.113. The molecule has 172 valence electrons. The highest BCUT2D eigenvalue weighted by Crippen LogP contribution is 2.23. The number of benzene rings is 1. The summed E-state index contributed by atoms with van der Waals surface area (Å²) >= 11 is 2.33. The van der Waals surface area contributed by atoms with Crippen molar-refractivity contribution in [3.63, 3.8) is 0 Å². The van der Waals surface area contributed by atoms with Crippen LogP contribution in [0.3, 0.4) is 0 Å². The third-order valence-corrected chi connectivity index (χ3v) is 7.59. The number of aromatic nitrogens is 3. The minimum atomic E-state index is -3.81. The number of anilines is 2. The number of nitrogens with zero attached hydrogens (tertiary/aromatic N) is 4. The Morgan fingerprint density at radius 3 is 2.58 bits per heavy atom. The van der Waals surface area contributed by atoms with Gasteiger partial charge in [-0.15, -0.1) is 10.2 Å². The van der Waals surface area contributed by atoms with E-state index in [0.29, 0.717) is 21.3 Å². The maximum absolute atomic E-state index is 12.5. The first-order valence-corrected chi connectivity index (χ1v) is 13.3. The van der Waals surface area contributed by atoms with Gasteiger partial charge in [0.2, 0.25) is 11.0 Å². The number of hydrogen-bond donors (Lipinski definition) is 2. The maximum atomic E-state index is 12.5. The summed E-state index contributed by atoms with van der Waals surface area (Å²) in [6, 6.07) is 11.5. The normalized spacial score (nSPS) is 11.1. The van der Waals surface area contributed by atoms with Gasteiger partial charge < -0.3 is 5.32 Å². The summed E-state index contributed by atoms with van der Waals surface area (Å²) in [7, 11) is -3.81. The number of nitriles is 1. The molecule has 0 saturated carbocycles. The molecule has 3 rings (SSSR count). The second-order valence-corrected chi connectivity index (χ2v) is 10.8. The first kappa shape index (κ1) is 24.6. The molecular formula is C21H22N6O3S3. The largest absolute Gasteiger partial charge is 0.325 e. The van der Waals surface area contributed by atoms with Crippen molar-refractivity contribution in [1.29, 1.82) is 5.26 Å². The molecule has 3 aromatic rings. The van der Waals surface area contributed by atoms with E-state index in [9.17, 15) is 18.5 Å². The lowest BCUT2D eigenvalue weighted by Crippen LogP contribution is -2.15. The number of nitrogens with one attached hydrogen (secondary N) is 2. The average molecular weight is 503 g/mol. The van der Waals surface area contributed by atoms with E-state index in [1.807, 2.05) is 6.07 Å².